The highest BCUT2D eigenvalue weighted by molar-refractivity contribution is 7.80. The molecule has 19 heavy (non-hydrogen) atoms. The van der Waals surface area contributed by atoms with E-state index < -0.39 is 0 Å². The molecule has 1 aromatic rings. The van der Waals surface area contributed by atoms with Gasteiger partial charge in [-0.2, -0.15) is 0 Å². The number of methoxy groups -OCH3 is 1. The van der Waals surface area contributed by atoms with Crippen LogP contribution in [-0.2, 0) is 6.54 Å². The summed E-state index contributed by atoms with van der Waals surface area (Å²) in [6.07, 6.45) is 5.08. The molecular formula is C15H22N2OS. The molecule has 104 valence electrons. The van der Waals surface area contributed by atoms with Gasteiger partial charge in [0.15, 0.2) is 5.11 Å². The van der Waals surface area contributed by atoms with Crippen LogP contribution in [0, 0.1) is 0 Å². The molecule has 0 unspecified atom stereocenters. The lowest BCUT2D eigenvalue weighted by molar-refractivity contribution is 0.299. The minimum atomic E-state index is 0.560. The maximum atomic E-state index is 5.47. The molecule has 1 aliphatic rings. The van der Waals surface area contributed by atoms with E-state index in [4.69, 9.17) is 17.0 Å². The fourth-order valence-corrected chi connectivity index (χ4v) is 2.96. The van der Waals surface area contributed by atoms with E-state index in [9.17, 15) is 0 Å². The first-order chi connectivity index (χ1) is 9.26. The van der Waals surface area contributed by atoms with Crippen molar-refractivity contribution in [1.29, 1.82) is 0 Å². The second-order valence-corrected chi connectivity index (χ2v) is 5.32. The molecule has 3 nitrogen and oxygen atoms in total. The van der Waals surface area contributed by atoms with E-state index in [0.717, 1.165) is 17.4 Å². The Balaban J connectivity index is 2.17. The first-order valence-corrected chi connectivity index (χ1v) is 7.27. The SMILES string of the molecule is CNC(=S)N(Cc1ccccc1OC)C1CCCC1. The Morgan fingerprint density at radius 1 is 1.37 bits per heavy atom. The van der Waals surface area contributed by atoms with Crippen LogP contribution < -0.4 is 10.1 Å². The van der Waals surface area contributed by atoms with Crippen LogP contribution in [0.3, 0.4) is 0 Å². The zero-order valence-electron chi connectivity index (χ0n) is 11.7. The van der Waals surface area contributed by atoms with Crippen molar-refractivity contribution < 1.29 is 4.74 Å². The highest BCUT2D eigenvalue weighted by Crippen LogP contribution is 2.27. The Bertz CT molecular complexity index is 430. The average Bonchev–Trinajstić information content (AvgIpc) is 2.98. The molecular weight excluding hydrogens is 256 g/mol. The highest BCUT2D eigenvalue weighted by Gasteiger charge is 2.24. The zero-order valence-corrected chi connectivity index (χ0v) is 12.5. The first-order valence-electron chi connectivity index (χ1n) is 6.86. The molecule has 0 amide bonds. The second kappa shape index (κ2) is 6.75. The number of benzene rings is 1. The molecule has 0 aliphatic heterocycles. The van der Waals surface area contributed by atoms with Crippen molar-refractivity contribution in [3.05, 3.63) is 29.8 Å². The van der Waals surface area contributed by atoms with Crippen molar-refractivity contribution in [2.45, 2.75) is 38.3 Å². The smallest absolute Gasteiger partial charge is 0.169 e. The summed E-state index contributed by atoms with van der Waals surface area (Å²) in [6, 6.07) is 8.72. The Labute approximate surface area is 120 Å². The van der Waals surface area contributed by atoms with Gasteiger partial charge in [0.05, 0.1) is 7.11 Å². The quantitative estimate of drug-likeness (QED) is 0.856. The molecule has 1 saturated carbocycles. The predicted octanol–water partition coefficient (Wildman–Crippen LogP) is 2.94. The predicted molar refractivity (Wildman–Crippen MR) is 82.5 cm³/mol. The maximum absolute atomic E-state index is 5.47. The molecule has 0 spiro atoms. The monoisotopic (exact) mass is 278 g/mol. The molecule has 0 atom stereocenters. The number of hydrogen-bond donors (Lipinski definition) is 1. The van der Waals surface area contributed by atoms with E-state index in [-0.39, 0.29) is 0 Å². The Kier molecular flexibility index (Phi) is 5.02. The summed E-state index contributed by atoms with van der Waals surface area (Å²) in [6.45, 7) is 0.814. The van der Waals surface area contributed by atoms with Gasteiger partial charge in [-0.05, 0) is 31.1 Å². The summed E-state index contributed by atoms with van der Waals surface area (Å²) in [5, 5.41) is 3.95. The van der Waals surface area contributed by atoms with Crippen LogP contribution in [0.15, 0.2) is 24.3 Å². The molecule has 1 N–H and O–H groups in total. The average molecular weight is 278 g/mol. The summed E-state index contributed by atoms with van der Waals surface area (Å²) in [4.78, 5) is 2.31. The number of rotatable bonds is 4. The van der Waals surface area contributed by atoms with Crippen LogP contribution >= 0.6 is 12.2 Å². The Morgan fingerprint density at radius 2 is 2.05 bits per heavy atom. The largest absolute Gasteiger partial charge is 0.496 e. The molecule has 0 aromatic heterocycles. The van der Waals surface area contributed by atoms with Crippen molar-refractivity contribution in [2.24, 2.45) is 0 Å². The van der Waals surface area contributed by atoms with Crippen LogP contribution in [0.1, 0.15) is 31.2 Å². The molecule has 0 bridgehead atoms. The Morgan fingerprint density at radius 3 is 2.68 bits per heavy atom. The summed E-state index contributed by atoms with van der Waals surface area (Å²) >= 11 is 5.47. The van der Waals surface area contributed by atoms with Gasteiger partial charge in [-0.3, -0.25) is 0 Å². The van der Waals surface area contributed by atoms with Gasteiger partial charge < -0.3 is 15.0 Å². The summed E-state index contributed by atoms with van der Waals surface area (Å²) in [7, 11) is 3.61. The van der Waals surface area contributed by atoms with E-state index in [1.54, 1.807) is 7.11 Å². The van der Waals surface area contributed by atoms with E-state index in [2.05, 4.69) is 16.3 Å². The fraction of sp³-hybridized carbons (Fsp3) is 0.533. The molecule has 1 aliphatic carbocycles. The van der Waals surface area contributed by atoms with Gasteiger partial charge in [-0.1, -0.05) is 31.0 Å². The number of thiocarbonyl (C=S) groups is 1. The summed E-state index contributed by atoms with van der Waals surface area (Å²) < 4.78 is 5.43. The Hall–Kier alpha value is -1.29. The van der Waals surface area contributed by atoms with Crippen molar-refractivity contribution >= 4 is 17.3 Å². The van der Waals surface area contributed by atoms with Gasteiger partial charge in [0.25, 0.3) is 0 Å². The normalized spacial score (nSPS) is 15.3. The summed E-state index contributed by atoms with van der Waals surface area (Å²) in [5.41, 5.74) is 1.19. The van der Waals surface area contributed by atoms with Crippen molar-refractivity contribution in [3.63, 3.8) is 0 Å². The van der Waals surface area contributed by atoms with Gasteiger partial charge in [0.1, 0.15) is 5.75 Å². The third-order valence-corrected chi connectivity index (χ3v) is 4.21. The molecule has 0 saturated heterocycles. The van der Waals surface area contributed by atoms with E-state index in [1.807, 2.05) is 25.2 Å². The van der Waals surface area contributed by atoms with Crippen molar-refractivity contribution in [1.82, 2.24) is 10.2 Å². The lowest BCUT2D eigenvalue weighted by Gasteiger charge is -2.31. The minimum absolute atomic E-state index is 0.560. The second-order valence-electron chi connectivity index (χ2n) is 4.93. The molecule has 4 heteroatoms. The third-order valence-electron chi connectivity index (χ3n) is 3.77. The lowest BCUT2D eigenvalue weighted by atomic mass is 10.1. The molecule has 1 fully saturated rings. The van der Waals surface area contributed by atoms with Crippen molar-refractivity contribution in [3.8, 4) is 5.75 Å². The van der Waals surface area contributed by atoms with Gasteiger partial charge in [0, 0.05) is 25.2 Å². The van der Waals surface area contributed by atoms with Crippen LogP contribution in [0.2, 0.25) is 0 Å². The van der Waals surface area contributed by atoms with Crippen LogP contribution in [0.25, 0.3) is 0 Å². The minimum Gasteiger partial charge on any atom is -0.496 e. The third kappa shape index (κ3) is 3.38. The van der Waals surface area contributed by atoms with Gasteiger partial charge in [-0.15, -0.1) is 0 Å². The number of ether oxygens (including phenoxy) is 1. The fourth-order valence-electron chi connectivity index (χ4n) is 2.74. The van der Waals surface area contributed by atoms with Crippen LogP contribution in [0.5, 0.6) is 5.75 Å². The summed E-state index contributed by atoms with van der Waals surface area (Å²) in [5.74, 6) is 0.935. The van der Waals surface area contributed by atoms with E-state index in [0.29, 0.717) is 6.04 Å². The van der Waals surface area contributed by atoms with E-state index >= 15 is 0 Å². The van der Waals surface area contributed by atoms with Gasteiger partial charge in [0.2, 0.25) is 0 Å². The first kappa shape index (κ1) is 14.1. The van der Waals surface area contributed by atoms with Crippen LogP contribution in [0.4, 0.5) is 0 Å². The number of nitrogens with zero attached hydrogens (tertiary/aromatic N) is 1. The maximum Gasteiger partial charge on any atom is 0.169 e. The molecule has 0 radical (unpaired) electrons. The standard InChI is InChI=1S/C15H22N2OS/c1-16-15(19)17(13-8-4-5-9-13)11-12-7-3-6-10-14(12)18-2/h3,6-7,10,13H,4-5,8-9,11H2,1-2H3,(H,16,19). The highest BCUT2D eigenvalue weighted by atomic mass is 32.1. The van der Waals surface area contributed by atoms with Gasteiger partial charge in [-0.25, -0.2) is 0 Å². The van der Waals surface area contributed by atoms with Crippen molar-refractivity contribution in [2.75, 3.05) is 14.2 Å². The number of hydrogen-bond acceptors (Lipinski definition) is 2. The molecule has 1 aromatic carbocycles. The topological polar surface area (TPSA) is 24.5 Å². The lowest BCUT2D eigenvalue weighted by Crippen LogP contribution is -2.43. The molecule has 2 rings (SSSR count). The number of nitrogens with one attached hydrogen (secondary N) is 1. The zero-order chi connectivity index (χ0) is 13.7. The number of para-hydroxylation sites is 1. The van der Waals surface area contributed by atoms with Gasteiger partial charge >= 0.3 is 0 Å². The molecule has 0 heterocycles. The van der Waals surface area contributed by atoms with Crippen LogP contribution in [-0.4, -0.2) is 30.2 Å². The van der Waals surface area contributed by atoms with E-state index in [1.165, 1.54) is 31.2 Å².